The van der Waals surface area contributed by atoms with E-state index < -0.39 is 6.10 Å². The fraction of sp³-hybridized carbons (Fsp3) is 0.480. The zero-order valence-corrected chi connectivity index (χ0v) is 19.5. The van der Waals surface area contributed by atoms with E-state index in [0.29, 0.717) is 19.4 Å². The minimum atomic E-state index is -0.541. The maximum absolute atomic E-state index is 12.8. The first kappa shape index (κ1) is 25.3. The quantitative estimate of drug-likeness (QED) is 0.590. The van der Waals surface area contributed by atoms with Gasteiger partial charge in [-0.2, -0.15) is 0 Å². The van der Waals surface area contributed by atoms with Crippen molar-refractivity contribution in [3.05, 3.63) is 64.2 Å². The summed E-state index contributed by atoms with van der Waals surface area (Å²) in [6.45, 7) is 10.0. The van der Waals surface area contributed by atoms with Crippen LogP contribution < -0.4 is 4.74 Å². The molecule has 0 amide bonds. The van der Waals surface area contributed by atoms with Crippen LogP contribution in [0, 0.1) is 20.8 Å². The summed E-state index contributed by atoms with van der Waals surface area (Å²) < 4.78 is 11.1. The van der Waals surface area contributed by atoms with E-state index in [2.05, 4.69) is 24.0 Å². The number of Topliss-reactive ketones (excluding diaryl/α,β-unsaturated/α-hetero) is 1. The molecule has 1 fully saturated rings. The molecule has 0 bridgehead atoms. The van der Waals surface area contributed by atoms with Crippen LogP contribution >= 0.6 is 12.4 Å². The maximum atomic E-state index is 12.8. The summed E-state index contributed by atoms with van der Waals surface area (Å²) in [6.07, 6.45) is 0.591. The number of hydrogen-bond acceptors (Lipinski definition) is 5. The van der Waals surface area contributed by atoms with Crippen LogP contribution in [0.2, 0.25) is 0 Å². The van der Waals surface area contributed by atoms with Crippen LogP contribution in [0.3, 0.4) is 0 Å². The molecule has 6 heteroatoms. The van der Waals surface area contributed by atoms with Gasteiger partial charge in [0.25, 0.3) is 0 Å². The molecule has 3 rings (SSSR count). The molecule has 31 heavy (non-hydrogen) atoms. The lowest BCUT2D eigenvalue weighted by atomic mass is 9.93. The molecule has 1 N–H and O–H groups in total. The Hall–Kier alpha value is -1.92. The second-order valence-electron chi connectivity index (χ2n) is 8.22. The highest BCUT2D eigenvalue weighted by molar-refractivity contribution is 5.99. The molecule has 1 atom stereocenters. The number of carbonyl (C=O) groups excluding carboxylic acids is 1. The van der Waals surface area contributed by atoms with E-state index in [1.807, 2.05) is 38.1 Å². The molecule has 170 valence electrons. The Morgan fingerprint density at radius 1 is 1.13 bits per heavy atom. The van der Waals surface area contributed by atoms with Gasteiger partial charge in [0.05, 0.1) is 13.2 Å². The molecule has 1 aliphatic heterocycles. The molecule has 0 spiro atoms. The summed E-state index contributed by atoms with van der Waals surface area (Å²) in [4.78, 5) is 15.0. The van der Waals surface area contributed by atoms with Crippen LogP contribution in [0.1, 0.15) is 39.0 Å². The lowest BCUT2D eigenvalue weighted by Crippen LogP contribution is -2.42. The van der Waals surface area contributed by atoms with Crippen molar-refractivity contribution in [2.45, 2.75) is 39.7 Å². The normalized spacial score (nSPS) is 15.2. The number of ether oxygens (including phenoxy) is 2. The van der Waals surface area contributed by atoms with Crippen molar-refractivity contribution >= 4 is 18.2 Å². The van der Waals surface area contributed by atoms with Gasteiger partial charge in [0.15, 0.2) is 5.78 Å². The Bertz CT molecular complexity index is 841. The van der Waals surface area contributed by atoms with Gasteiger partial charge in [-0.15, -0.1) is 12.4 Å². The monoisotopic (exact) mass is 447 g/mol. The number of aryl methyl sites for hydroxylation is 4. The molecule has 0 radical (unpaired) electrons. The van der Waals surface area contributed by atoms with Crippen molar-refractivity contribution in [1.82, 2.24) is 4.90 Å². The van der Waals surface area contributed by atoms with Crippen molar-refractivity contribution in [1.29, 1.82) is 0 Å². The van der Waals surface area contributed by atoms with Gasteiger partial charge in [-0.3, -0.25) is 9.69 Å². The number of nitrogens with zero attached hydrogens (tertiary/aromatic N) is 1. The Balaban J connectivity index is 0.00000341. The van der Waals surface area contributed by atoms with Crippen molar-refractivity contribution < 1.29 is 19.4 Å². The summed E-state index contributed by atoms with van der Waals surface area (Å²) >= 11 is 0. The maximum Gasteiger partial charge on any atom is 0.163 e. The number of carbonyl (C=O) groups is 1. The largest absolute Gasteiger partial charge is 0.491 e. The number of halogens is 1. The molecule has 2 aromatic carbocycles. The van der Waals surface area contributed by atoms with Crippen molar-refractivity contribution in [2.75, 3.05) is 39.5 Å². The van der Waals surface area contributed by atoms with Crippen LogP contribution in [-0.4, -0.2) is 61.3 Å². The Morgan fingerprint density at radius 3 is 2.48 bits per heavy atom. The summed E-state index contributed by atoms with van der Waals surface area (Å²) in [7, 11) is 0. The molecule has 0 aromatic heterocycles. The van der Waals surface area contributed by atoms with Gasteiger partial charge in [0.1, 0.15) is 18.5 Å². The van der Waals surface area contributed by atoms with Crippen LogP contribution in [0.15, 0.2) is 36.4 Å². The number of ketones is 1. The lowest BCUT2D eigenvalue weighted by Gasteiger charge is -2.28. The number of β-amino-alcohol motifs (C(OH)–C–C–N with tert-alkyl or cyclic N) is 1. The van der Waals surface area contributed by atoms with E-state index in [1.165, 1.54) is 5.56 Å². The van der Waals surface area contributed by atoms with E-state index in [1.54, 1.807) is 0 Å². The van der Waals surface area contributed by atoms with E-state index in [9.17, 15) is 9.90 Å². The topological polar surface area (TPSA) is 59.0 Å². The summed E-state index contributed by atoms with van der Waals surface area (Å²) in [6, 6.07) is 11.9. The number of benzene rings is 2. The fourth-order valence-electron chi connectivity index (χ4n) is 4.12. The van der Waals surface area contributed by atoms with E-state index in [-0.39, 0.29) is 24.8 Å². The van der Waals surface area contributed by atoms with Gasteiger partial charge >= 0.3 is 0 Å². The number of rotatable bonds is 9. The van der Waals surface area contributed by atoms with Gasteiger partial charge in [-0.05, 0) is 56.0 Å². The Kier molecular flexibility index (Phi) is 9.97. The van der Waals surface area contributed by atoms with Crippen LogP contribution in [0.25, 0.3) is 0 Å². The third-order valence-electron chi connectivity index (χ3n) is 5.51. The predicted octanol–water partition coefficient (Wildman–Crippen LogP) is 3.92. The summed E-state index contributed by atoms with van der Waals surface area (Å²) in [5.41, 5.74) is 5.18. The minimum absolute atomic E-state index is 0. The van der Waals surface area contributed by atoms with Crippen molar-refractivity contribution in [3.8, 4) is 5.75 Å². The van der Waals surface area contributed by atoms with Crippen LogP contribution in [0.4, 0.5) is 0 Å². The standard InChI is InChI=1S/C25H33NO4.ClH/c1-18-13-19(2)25(20(3)14-18)24(28)8-7-21-5-4-6-23(15-21)30-17-22(27)16-26-9-11-29-12-10-26;/h4-6,13-15,22,27H,7-12,16-17H2,1-3H3;1H. The molecule has 0 aliphatic carbocycles. The highest BCUT2D eigenvalue weighted by Gasteiger charge is 2.16. The number of aliphatic hydroxyl groups is 1. The third-order valence-corrected chi connectivity index (χ3v) is 5.51. The molecule has 1 unspecified atom stereocenters. The molecule has 0 saturated carbocycles. The Morgan fingerprint density at radius 2 is 1.81 bits per heavy atom. The zero-order valence-electron chi connectivity index (χ0n) is 18.7. The van der Waals surface area contributed by atoms with Gasteiger partial charge in [-0.25, -0.2) is 0 Å². The first-order chi connectivity index (χ1) is 14.4. The smallest absolute Gasteiger partial charge is 0.163 e. The summed E-state index contributed by atoms with van der Waals surface area (Å²) in [5, 5.41) is 10.3. The third kappa shape index (κ3) is 7.62. The van der Waals surface area contributed by atoms with Crippen molar-refractivity contribution in [3.63, 3.8) is 0 Å². The molecular weight excluding hydrogens is 414 g/mol. The van der Waals surface area contributed by atoms with Gasteiger partial charge in [0, 0.05) is 31.6 Å². The minimum Gasteiger partial charge on any atom is -0.491 e. The van der Waals surface area contributed by atoms with Crippen molar-refractivity contribution in [2.24, 2.45) is 0 Å². The number of morpholine rings is 1. The number of hydrogen-bond donors (Lipinski definition) is 1. The molecule has 2 aromatic rings. The second kappa shape index (κ2) is 12.2. The Labute approximate surface area is 191 Å². The number of aliphatic hydroxyl groups excluding tert-OH is 1. The lowest BCUT2D eigenvalue weighted by molar-refractivity contribution is 0.00465. The molecule has 5 nitrogen and oxygen atoms in total. The van der Waals surface area contributed by atoms with E-state index >= 15 is 0 Å². The van der Waals surface area contributed by atoms with E-state index in [0.717, 1.165) is 54.3 Å². The highest BCUT2D eigenvalue weighted by atomic mass is 35.5. The molecule has 1 saturated heterocycles. The second-order valence-corrected chi connectivity index (χ2v) is 8.22. The fourth-order valence-corrected chi connectivity index (χ4v) is 4.12. The van der Waals surface area contributed by atoms with Gasteiger partial charge in [0.2, 0.25) is 0 Å². The van der Waals surface area contributed by atoms with Gasteiger partial charge in [-0.1, -0.05) is 29.8 Å². The SMILES string of the molecule is Cc1cc(C)c(C(=O)CCc2cccc(OCC(O)CN3CCOCC3)c2)c(C)c1.Cl. The average Bonchev–Trinajstić information content (AvgIpc) is 2.71. The average molecular weight is 448 g/mol. The molecule has 1 heterocycles. The predicted molar refractivity (Wildman–Crippen MR) is 126 cm³/mol. The van der Waals surface area contributed by atoms with Gasteiger partial charge < -0.3 is 14.6 Å². The molecule has 1 aliphatic rings. The van der Waals surface area contributed by atoms with Crippen LogP contribution in [-0.2, 0) is 11.2 Å². The highest BCUT2D eigenvalue weighted by Crippen LogP contribution is 2.20. The van der Waals surface area contributed by atoms with E-state index in [4.69, 9.17) is 9.47 Å². The summed E-state index contributed by atoms with van der Waals surface area (Å²) in [5.74, 6) is 0.904. The first-order valence-corrected chi connectivity index (χ1v) is 10.7. The zero-order chi connectivity index (χ0) is 21.5. The van der Waals surface area contributed by atoms with Crippen LogP contribution in [0.5, 0.6) is 5.75 Å². The molecular formula is C25H34ClNO4. The first-order valence-electron chi connectivity index (χ1n) is 10.7.